The SMILES string of the molecule is CS(=O)(=O)CCN1CCN(CC(O)COc2ccccc2)CC1. The summed E-state index contributed by atoms with van der Waals surface area (Å²) in [5, 5.41) is 10.1. The largest absolute Gasteiger partial charge is 0.491 e. The molecule has 6 nitrogen and oxygen atoms in total. The molecule has 1 fully saturated rings. The zero-order valence-electron chi connectivity index (χ0n) is 13.6. The molecule has 1 heterocycles. The van der Waals surface area contributed by atoms with Crippen molar-refractivity contribution >= 4 is 9.84 Å². The number of piperazine rings is 1. The molecule has 130 valence electrons. The number of para-hydroxylation sites is 1. The lowest BCUT2D eigenvalue weighted by atomic mass is 10.2. The Morgan fingerprint density at radius 3 is 2.35 bits per heavy atom. The number of sulfone groups is 1. The van der Waals surface area contributed by atoms with Crippen molar-refractivity contribution in [1.29, 1.82) is 0 Å². The highest BCUT2D eigenvalue weighted by molar-refractivity contribution is 7.90. The monoisotopic (exact) mass is 342 g/mol. The Morgan fingerprint density at radius 1 is 1.13 bits per heavy atom. The van der Waals surface area contributed by atoms with Gasteiger partial charge in [0.25, 0.3) is 0 Å². The smallest absolute Gasteiger partial charge is 0.148 e. The molecule has 0 spiro atoms. The minimum Gasteiger partial charge on any atom is -0.491 e. The molecular formula is C16H26N2O4S. The predicted molar refractivity (Wildman–Crippen MR) is 90.5 cm³/mol. The molecule has 7 heteroatoms. The third kappa shape index (κ3) is 7.30. The van der Waals surface area contributed by atoms with Crippen molar-refractivity contribution in [2.45, 2.75) is 6.10 Å². The quantitative estimate of drug-likeness (QED) is 0.722. The van der Waals surface area contributed by atoms with Gasteiger partial charge in [0, 0.05) is 45.5 Å². The number of hydrogen-bond donors (Lipinski definition) is 1. The molecule has 0 bridgehead atoms. The van der Waals surface area contributed by atoms with Gasteiger partial charge in [-0.25, -0.2) is 8.42 Å². The minimum atomic E-state index is -2.90. The number of rotatable bonds is 8. The summed E-state index contributed by atoms with van der Waals surface area (Å²) < 4.78 is 27.9. The zero-order valence-corrected chi connectivity index (χ0v) is 14.4. The molecule has 1 aromatic rings. The van der Waals surface area contributed by atoms with Crippen molar-refractivity contribution < 1.29 is 18.3 Å². The van der Waals surface area contributed by atoms with Crippen LogP contribution in [0.4, 0.5) is 0 Å². The van der Waals surface area contributed by atoms with Crippen LogP contribution in [0, 0.1) is 0 Å². The van der Waals surface area contributed by atoms with E-state index >= 15 is 0 Å². The number of nitrogens with zero attached hydrogens (tertiary/aromatic N) is 2. The molecule has 1 unspecified atom stereocenters. The Labute approximate surface area is 138 Å². The molecule has 0 saturated carbocycles. The van der Waals surface area contributed by atoms with Crippen LogP contribution in [0.25, 0.3) is 0 Å². The maximum Gasteiger partial charge on any atom is 0.148 e. The van der Waals surface area contributed by atoms with Gasteiger partial charge in [-0.3, -0.25) is 9.80 Å². The second-order valence-corrected chi connectivity index (χ2v) is 8.31. The summed E-state index contributed by atoms with van der Waals surface area (Å²) in [4.78, 5) is 4.35. The van der Waals surface area contributed by atoms with E-state index in [1.54, 1.807) is 0 Å². The summed E-state index contributed by atoms with van der Waals surface area (Å²) in [6.07, 6.45) is 0.740. The van der Waals surface area contributed by atoms with E-state index in [0.717, 1.165) is 31.9 Å². The zero-order chi connectivity index (χ0) is 16.7. The number of benzene rings is 1. The minimum absolute atomic E-state index is 0.209. The fourth-order valence-corrected chi connectivity index (χ4v) is 3.14. The van der Waals surface area contributed by atoms with Crippen LogP contribution in [0.2, 0.25) is 0 Å². The van der Waals surface area contributed by atoms with Crippen molar-refractivity contribution in [3.63, 3.8) is 0 Å². The van der Waals surface area contributed by atoms with Crippen LogP contribution < -0.4 is 4.74 Å². The van der Waals surface area contributed by atoms with Crippen molar-refractivity contribution in [2.24, 2.45) is 0 Å². The van der Waals surface area contributed by atoms with Crippen molar-refractivity contribution in [3.8, 4) is 5.75 Å². The van der Waals surface area contributed by atoms with Crippen molar-refractivity contribution in [1.82, 2.24) is 9.80 Å². The van der Waals surface area contributed by atoms with Gasteiger partial charge in [0.1, 0.15) is 28.3 Å². The van der Waals surface area contributed by atoms with E-state index in [4.69, 9.17) is 4.74 Å². The molecule has 1 atom stereocenters. The molecule has 0 aliphatic carbocycles. The predicted octanol–water partition coefficient (Wildman–Crippen LogP) is 0.0885. The fourth-order valence-electron chi connectivity index (χ4n) is 2.55. The van der Waals surface area contributed by atoms with E-state index in [9.17, 15) is 13.5 Å². The fraction of sp³-hybridized carbons (Fsp3) is 0.625. The Bertz CT molecular complexity index is 557. The molecule has 1 aliphatic rings. The van der Waals surface area contributed by atoms with Gasteiger partial charge in [-0.2, -0.15) is 0 Å². The average Bonchev–Trinajstić information content (AvgIpc) is 2.53. The topological polar surface area (TPSA) is 70.1 Å². The van der Waals surface area contributed by atoms with Crippen molar-refractivity contribution in [3.05, 3.63) is 30.3 Å². The Morgan fingerprint density at radius 2 is 1.74 bits per heavy atom. The molecule has 1 aliphatic heterocycles. The van der Waals surface area contributed by atoms with Crippen LogP contribution in [-0.4, -0.2) is 87.3 Å². The Balaban J connectivity index is 1.63. The highest BCUT2D eigenvalue weighted by Gasteiger charge is 2.20. The second kappa shape index (κ2) is 8.63. The third-order valence-corrected chi connectivity index (χ3v) is 4.82. The van der Waals surface area contributed by atoms with Gasteiger partial charge < -0.3 is 9.84 Å². The lowest BCUT2D eigenvalue weighted by Gasteiger charge is -2.35. The number of aliphatic hydroxyl groups excluding tert-OH is 1. The van der Waals surface area contributed by atoms with Crippen LogP contribution in [0.3, 0.4) is 0 Å². The number of ether oxygens (including phenoxy) is 1. The number of β-amino-alcohol motifs (C(OH)–C–C–N with tert-alkyl or cyclic N) is 1. The summed E-state index contributed by atoms with van der Waals surface area (Å²) in [5.74, 6) is 0.970. The first kappa shape index (κ1) is 18.2. The highest BCUT2D eigenvalue weighted by Crippen LogP contribution is 2.09. The molecule has 0 amide bonds. The third-order valence-electron chi connectivity index (χ3n) is 3.90. The van der Waals surface area contributed by atoms with E-state index in [0.29, 0.717) is 13.1 Å². The summed E-state index contributed by atoms with van der Waals surface area (Å²) in [6, 6.07) is 9.46. The first-order valence-corrected chi connectivity index (χ1v) is 9.97. The van der Waals surface area contributed by atoms with E-state index in [-0.39, 0.29) is 12.4 Å². The molecule has 0 aromatic heterocycles. The summed E-state index contributed by atoms with van der Waals surface area (Å²) in [7, 11) is -2.90. The first-order chi connectivity index (χ1) is 10.9. The van der Waals surface area contributed by atoms with Crippen LogP contribution in [0.15, 0.2) is 30.3 Å². The van der Waals surface area contributed by atoms with Gasteiger partial charge in [0.2, 0.25) is 0 Å². The van der Waals surface area contributed by atoms with Gasteiger partial charge in [-0.1, -0.05) is 18.2 Å². The van der Waals surface area contributed by atoms with E-state index in [2.05, 4.69) is 9.80 Å². The summed E-state index contributed by atoms with van der Waals surface area (Å²) in [6.45, 7) is 4.79. The van der Waals surface area contributed by atoms with E-state index < -0.39 is 15.9 Å². The second-order valence-electron chi connectivity index (χ2n) is 6.05. The molecule has 1 N–H and O–H groups in total. The number of hydrogen-bond acceptors (Lipinski definition) is 6. The van der Waals surface area contributed by atoms with Crippen LogP contribution >= 0.6 is 0 Å². The summed E-state index contributed by atoms with van der Waals surface area (Å²) in [5.41, 5.74) is 0. The average molecular weight is 342 g/mol. The van der Waals surface area contributed by atoms with Gasteiger partial charge in [0.05, 0.1) is 5.75 Å². The molecule has 1 aromatic carbocycles. The first-order valence-electron chi connectivity index (χ1n) is 7.91. The maximum absolute atomic E-state index is 11.2. The van der Waals surface area contributed by atoms with Crippen molar-refractivity contribution in [2.75, 3.05) is 57.9 Å². The number of aliphatic hydroxyl groups is 1. The molecule has 0 radical (unpaired) electrons. The normalized spacial score (nSPS) is 18.7. The standard InChI is InChI=1S/C16H26N2O4S/c1-23(20,21)12-11-17-7-9-18(10-8-17)13-15(19)14-22-16-5-3-2-4-6-16/h2-6,15,19H,7-14H2,1H3. The van der Waals surface area contributed by atoms with E-state index in [1.165, 1.54) is 6.26 Å². The van der Waals surface area contributed by atoms with Crippen LogP contribution in [0.1, 0.15) is 0 Å². The van der Waals surface area contributed by atoms with Gasteiger partial charge in [-0.15, -0.1) is 0 Å². The molecular weight excluding hydrogens is 316 g/mol. The van der Waals surface area contributed by atoms with Gasteiger partial charge >= 0.3 is 0 Å². The van der Waals surface area contributed by atoms with Gasteiger partial charge in [-0.05, 0) is 12.1 Å². The molecule has 2 rings (SSSR count). The maximum atomic E-state index is 11.2. The van der Waals surface area contributed by atoms with E-state index in [1.807, 2.05) is 30.3 Å². The lowest BCUT2D eigenvalue weighted by Crippen LogP contribution is -2.50. The summed E-state index contributed by atoms with van der Waals surface area (Å²) >= 11 is 0. The molecule has 1 saturated heterocycles. The van der Waals surface area contributed by atoms with Crippen LogP contribution in [-0.2, 0) is 9.84 Å². The Hall–Kier alpha value is -1.15. The van der Waals surface area contributed by atoms with Gasteiger partial charge in [0.15, 0.2) is 0 Å². The van der Waals surface area contributed by atoms with Crippen LogP contribution in [0.5, 0.6) is 5.75 Å². The Kier molecular flexibility index (Phi) is 6.83. The lowest BCUT2D eigenvalue weighted by molar-refractivity contribution is 0.0472. The highest BCUT2D eigenvalue weighted by atomic mass is 32.2. The molecule has 23 heavy (non-hydrogen) atoms.